The molecule has 0 unspecified atom stereocenters. The average Bonchev–Trinajstić information content (AvgIpc) is 3.63. The summed E-state index contributed by atoms with van der Waals surface area (Å²) in [6, 6.07) is 16.1. The van der Waals surface area contributed by atoms with Gasteiger partial charge in [0.05, 0.1) is 47.5 Å². The van der Waals surface area contributed by atoms with Gasteiger partial charge in [-0.05, 0) is 61.4 Å². The second kappa shape index (κ2) is 12.7. The number of benzene rings is 4. The molecule has 0 spiro atoms. The number of nitrogens with two attached hydrogens (primary N) is 2. The molecule has 2 heterocycles. The third-order valence-corrected chi connectivity index (χ3v) is 8.69. The summed E-state index contributed by atoms with van der Waals surface area (Å²) in [5.41, 5.74) is 15.1. The molecule has 2 aromatic heterocycles. The zero-order chi connectivity index (χ0) is 36.0. The summed E-state index contributed by atoms with van der Waals surface area (Å²) in [6.07, 6.45) is 0. The van der Waals surface area contributed by atoms with Gasteiger partial charge in [0.25, 0.3) is 11.8 Å². The number of aromatic carboxylic acids is 2. The fourth-order valence-corrected chi connectivity index (χ4v) is 6.46. The molecular formula is C36H32N6O8. The third-order valence-electron chi connectivity index (χ3n) is 8.69. The third kappa shape index (κ3) is 5.32. The molecular weight excluding hydrogens is 644 g/mol. The number of methoxy groups -OCH3 is 2. The van der Waals surface area contributed by atoms with E-state index in [1.54, 1.807) is 59.4 Å². The number of imidazole rings is 2. The van der Waals surface area contributed by atoms with E-state index < -0.39 is 23.8 Å². The summed E-state index contributed by atoms with van der Waals surface area (Å²) < 4.78 is 14.8. The van der Waals surface area contributed by atoms with E-state index in [0.717, 1.165) is 0 Å². The number of hydrogen-bond acceptors (Lipinski definition) is 8. The van der Waals surface area contributed by atoms with E-state index in [2.05, 4.69) is 0 Å². The van der Waals surface area contributed by atoms with Gasteiger partial charge < -0.3 is 40.3 Å². The molecule has 50 heavy (non-hydrogen) atoms. The Hall–Kier alpha value is -6.70. The van der Waals surface area contributed by atoms with Crippen LogP contribution in [-0.4, -0.2) is 67.3 Å². The van der Waals surface area contributed by atoms with Crippen molar-refractivity contribution in [2.75, 3.05) is 14.2 Å². The summed E-state index contributed by atoms with van der Waals surface area (Å²) in [5, 5.41) is 20.4. The molecule has 0 aliphatic rings. The number of carboxylic acid groups (broad SMARTS) is 2. The lowest BCUT2D eigenvalue weighted by Gasteiger charge is -2.17. The molecule has 0 aliphatic heterocycles. The van der Waals surface area contributed by atoms with Crippen molar-refractivity contribution in [1.29, 1.82) is 0 Å². The Morgan fingerprint density at radius 2 is 1.00 bits per heavy atom. The minimum absolute atomic E-state index is 0.0131. The van der Waals surface area contributed by atoms with Crippen LogP contribution < -0.4 is 20.9 Å². The van der Waals surface area contributed by atoms with E-state index in [0.29, 0.717) is 33.3 Å². The molecule has 0 atom stereocenters. The number of hydrogen-bond donors (Lipinski definition) is 4. The van der Waals surface area contributed by atoms with Crippen LogP contribution in [0.1, 0.15) is 52.6 Å². The molecule has 0 fully saturated rings. The second-order valence-corrected chi connectivity index (χ2v) is 11.5. The van der Waals surface area contributed by atoms with Crippen LogP contribution in [0.2, 0.25) is 0 Å². The Labute approximate surface area is 284 Å². The molecule has 0 saturated carbocycles. The number of nitrogens with zero attached hydrogens (tertiary/aromatic N) is 4. The van der Waals surface area contributed by atoms with Crippen molar-refractivity contribution in [1.82, 2.24) is 19.1 Å². The lowest BCUT2D eigenvalue weighted by atomic mass is 10.0. The molecule has 14 nitrogen and oxygen atoms in total. The molecule has 254 valence electrons. The van der Waals surface area contributed by atoms with Crippen molar-refractivity contribution in [3.05, 3.63) is 94.0 Å². The summed E-state index contributed by atoms with van der Waals surface area (Å²) in [7, 11) is 2.77. The van der Waals surface area contributed by atoms with Crippen LogP contribution >= 0.6 is 0 Å². The fourth-order valence-electron chi connectivity index (χ4n) is 6.46. The number of amides is 2. The molecule has 2 amide bonds. The number of ether oxygens (including phenoxy) is 2. The number of fused-ring (bicyclic) bond motifs is 2. The molecule has 0 aliphatic carbocycles. The Morgan fingerprint density at radius 1 is 0.620 bits per heavy atom. The molecule has 0 radical (unpaired) electrons. The van der Waals surface area contributed by atoms with Crippen molar-refractivity contribution >= 4 is 45.8 Å². The minimum Gasteiger partial charge on any atom is -0.494 e. The monoisotopic (exact) mass is 676 g/mol. The van der Waals surface area contributed by atoms with E-state index in [1.165, 1.54) is 38.5 Å². The van der Waals surface area contributed by atoms with Gasteiger partial charge in [-0.3, -0.25) is 9.59 Å². The van der Waals surface area contributed by atoms with Gasteiger partial charge >= 0.3 is 11.9 Å². The molecule has 6 rings (SSSR count). The van der Waals surface area contributed by atoms with Crippen LogP contribution in [0.4, 0.5) is 0 Å². The van der Waals surface area contributed by atoms with E-state index >= 15 is 0 Å². The van der Waals surface area contributed by atoms with Gasteiger partial charge in [0, 0.05) is 24.2 Å². The number of carboxylic acids is 2. The van der Waals surface area contributed by atoms with Crippen LogP contribution in [0.25, 0.3) is 44.8 Å². The number of aryl methyl sites for hydroxylation is 4. The van der Waals surface area contributed by atoms with Gasteiger partial charge in [0.15, 0.2) is 11.5 Å². The average molecular weight is 677 g/mol. The van der Waals surface area contributed by atoms with Gasteiger partial charge in [-0.15, -0.1) is 0 Å². The van der Waals surface area contributed by atoms with E-state index in [4.69, 9.17) is 30.9 Å². The van der Waals surface area contributed by atoms with Gasteiger partial charge in [0.1, 0.15) is 22.7 Å². The standard InChI is InChI=1S/C36H32N6O8/c1-17-7-5-9-19(35(45)46)25(17)33-39-27-23(13-11-21(31(37)43)29(27)49-3)41(33)15-16-42-24-14-12-22(32(38)44)30(50-4)28(24)40-34(42)26-18(2)8-6-10-20(26)36(47)48/h5-14H,15-16H2,1-4H3,(H2,37,43)(H2,38,44)(H,45,46)(H,47,48). The summed E-state index contributed by atoms with van der Waals surface area (Å²) in [4.78, 5) is 59.3. The Balaban J connectivity index is 1.65. The van der Waals surface area contributed by atoms with E-state index in [9.17, 15) is 29.4 Å². The Kier molecular flexibility index (Phi) is 8.45. The highest BCUT2D eigenvalue weighted by molar-refractivity contribution is 6.04. The second-order valence-electron chi connectivity index (χ2n) is 11.5. The van der Waals surface area contributed by atoms with Crippen LogP contribution in [0.5, 0.6) is 11.5 Å². The predicted molar refractivity (Wildman–Crippen MR) is 184 cm³/mol. The van der Waals surface area contributed by atoms with Gasteiger partial charge in [-0.2, -0.15) is 0 Å². The quantitative estimate of drug-likeness (QED) is 0.149. The van der Waals surface area contributed by atoms with Crippen molar-refractivity contribution in [3.63, 3.8) is 0 Å². The number of carbonyl (C=O) groups excluding carboxylic acids is 2. The predicted octanol–water partition coefficient (Wildman–Crippen LogP) is 4.65. The maximum atomic E-state index is 12.5. The summed E-state index contributed by atoms with van der Waals surface area (Å²) >= 11 is 0. The Bertz CT molecular complexity index is 2240. The first-order valence-corrected chi connectivity index (χ1v) is 15.3. The van der Waals surface area contributed by atoms with Crippen molar-refractivity contribution in [2.24, 2.45) is 11.5 Å². The first kappa shape index (κ1) is 33.2. The number of carbonyl (C=O) groups is 4. The SMILES string of the molecule is COc1c(C(N)=O)ccc2c1nc(-c1c(C)cccc1C(=O)O)n2CCn1c(-c2c(C)cccc2C(=O)O)nc2c(OC)c(C(N)=O)ccc21. The molecule has 0 saturated heterocycles. The van der Waals surface area contributed by atoms with Crippen LogP contribution in [-0.2, 0) is 13.1 Å². The molecule has 0 bridgehead atoms. The van der Waals surface area contributed by atoms with E-state index in [-0.39, 0.29) is 69.5 Å². The minimum atomic E-state index is -1.16. The van der Waals surface area contributed by atoms with Crippen LogP contribution in [0, 0.1) is 13.8 Å². The fraction of sp³-hybridized carbons (Fsp3) is 0.167. The summed E-state index contributed by atoms with van der Waals surface area (Å²) in [5.74, 6) is -2.94. The van der Waals surface area contributed by atoms with Crippen molar-refractivity contribution in [2.45, 2.75) is 26.9 Å². The Morgan fingerprint density at radius 3 is 1.32 bits per heavy atom. The lowest BCUT2D eigenvalue weighted by molar-refractivity contribution is 0.0686. The topological polar surface area (TPSA) is 215 Å². The lowest BCUT2D eigenvalue weighted by Crippen LogP contribution is -2.14. The number of rotatable bonds is 11. The highest BCUT2D eigenvalue weighted by Crippen LogP contribution is 2.38. The maximum absolute atomic E-state index is 12.5. The first-order valence-electron chi connectivity index (χ1n) is 15.3. The zero-order valence-corrected chi connectivity index (χ0v) is 27.5. The maximum Gasteiger partial charge on any atom is 0.336 e. The van der Waals surface area contributed by atoms with Crippen molar-refractivity contribution in [3.8, 4) is 34.3 Å². The largest absolute Gasteiger partial charge is 0.494 e. The van der Waals surface area contributed by atoms with Crippen LogP contribution in [0.15, 0.2) is 60.7 Å². The summed E-state index contributed by atoms with van der Waals surface area (Å²) in [6.45, 7) is 3.83. The number of aromatic nitrogens is 4. The normalized spacial score (nSPS) is 11.2. The molecule has 14 heteroatoms. The highest BCUT2D eigenvalue weighted by Gasteiger charge is 2.27. The zero-order valence-electron chi connectivity index (χ0n) is 27.5. The van der Waals surface area contributed by atoms with Gasteiger partial charge in [0.2, 0.25) is 0 Å². The first-order chi connectivity index (χ1) is 23.9. The molecule has 6 aromatic rings. The molecule has 6 N–H and O–H groups in total. The number of primary amides is 2. The van der Waals surface area contributed by atoms with E-state index in [1.807, 2.05) is 0 Å². The highest BCUT2D eigenvalue weighted by atomic mass is 16.5. The van der Waals surface area contributed by atoms with Crippen LogP contribution in [0.3, 0.4) is 0 Å². The van der Waals surface area contributed by atoms with Gasteiger partial charge in [-0.25, -0.2) is 19.6 Å². The molecule has 4 aromatic carbocycles. The van der Waals surface area contributed by atoms with Crippen molar-refractivity contribution < 1.29 is 38.9 Å². The van der Waals surface area contributed by atoms with Gasteiger partial charge in [-0.1, -0.05) is 24.3 Å². The smallest absolute Gasteiger partial charge is 0.336 e.